The fraction of sp³-hybridized carbons (Fsp3) is 0.550. The lowest BCUT2D eigenvalue weighted by atomic mass is 10.1. The first-order valence-electron chi connectivity index (χ1n) is 8.67. The lowest BCUT2D eigenvalue weighted by molar-refractivity contribution is -0.131. The average Bonchev–Trinajstić information content (AvgIpc) is 2.50. The molecule has 2 nitrogen and oxygen atoms in total. The maximum absolute atomic E-state index is 10.2. The molecule has 22 heavy (non-hydrogen) atoms. The number of carbonyl (C=O) groups is 1. The molecule has 0 aromatic rings. The van der Waals surface area contributed by atoms with Crippen molar-refractivity contribution < 1.29 is 9.90 Å². The quantitative estimate of drug-likeness (QED) is 0.235. The van der Waals surface area contributed by atoms with Crippen molar-refractivity contribution in [1.29, 1.82) is 0 Å². The van der Waals surface area contributed by atoms with Crippen LogP contribution in [0.5, 0.6) is 0 Å². The second kappa shape index (κ2) is 17.5. The summed E-state index contributed by atoms with van der Waals surface area (Å²) in [6.07, 6.45) is 27.7. The molecule has 0 unspecified atom stereocenters. The van der Waals surface area contributed by atoms with Crippen molar-refractivity contribution in [3.63, 3.8) is 0 Å². The standard InChI is InChI=1S/C20H32O2/c1-2-3-4-5-6-7-8-9-10-11-12-13-14-15-16-17-18-19-20(21)22/h12-19H,2-11H2,1H3,(H,21,22)/b13-12-,15-14+,17-16+,19-18?. The van der Waals surface area contributed by atoms with E-state index in [1.165, 1.54) is 63.9 Å². The summed E-state index contributed by atoms with van der Waals surface area (Å²) in [6, 6.07) is 0. The zero-order valence-corrected chi connectivity index (χ0v) is 14.0. The zero-order chi connectivity index (χ0) is 16.3. The molecule has 0 aromatic carbocycles. The van der Waals surface area contributed by atoms with Crippen LogP contribution in [0, 0.1) is 0 Å². The van der Waals surface area contributed by atoms with E-state index < -0.39 is 5.97 Å². The second-order valence-corrected chi connectivity index (χ2v) is 5.51. The molecule has 0 rings (SSSR count). The highest BCUT2D eigenvalue weighted by Gasteiger charge is 1.90. The minimum Gasteiger partial charge on any atom is -0.478 e. The number of allylic oxidation sites excluding steroid dienone is 7. The van der Waals surface area contributed by atoms with Gasteiger partial charge in [0.25, 0.3) is 0 Å². The highest BCUT2D eigenvalue weighted by Crippen LogP contribution is 2.10. The molecule has 0 radical (unpaired) electrons. The van der Waals surface area contributed by atoms with Gasteiger partial charge in [-0.25, -0.2) is 4.79 Å². The van der Waals surface area contributed by atoms with Crippen molar-refractivity contribution >= 4 is 5.97 Å². The lowest BCUT2D eigenvalue weighted by Crippen LogP contribution is -1.84. The summed E-state index contributed by atoms with van der Waals surface area (Å²) in [4.78, 5) is 10.2. The molecule has 2 heteroatoms. The van der Waals surface area contributed by atoms with Crippen LogP contribution in [0.2, 0.25) is 0 Å². The molecule has 0 heterocycles. The third-order valence-corrected chi connectivity index (χ3v) is 3.40. The molecule has 0 aliphatic carbocycles. The van der Waals surface area contributed by atoms with Gasteiger partial charge in [-0.1, -0.05) is 101 Å². The van der Waals surface area contributed by atoms with E-state index in [-0.39, 0.29) is 0 Å². The van der Waals surface area contributed by atoms with Crippen molar-refractivity contribution in [3.05, 3.63) is 48.6 Å². The van der Waals surface area contributed by atoms with E-state index in [1.54, 1.807) is 6.08 Å². The molecule has 0 atom stereocenters. The average molecular weight is 304 g/mol. The summed E-state index contributed by atoms with van der Waals surface area (Å²) in [7, 11) is 0. The Labute approximate surface area is 136 Å². The summed E-state index contributed by atoms with van der Waals surface area (Å²) in [6.45, 7) is 2.26. The van der Waals surface area contributed by atoms with Crippen LogP contribution in [-0.4, -0.2) is 11.1 Å². The number of hydrogen-bond acceptors (Lipinski definition) is 1. The molecule has 124 valence electrons. The van der Waals surface area contributed by atoms with Gasteiger partial charge in [0, 0.05) is 6.08 Å². The summed E-state index contributed by atoms with van der Waals surface area (Å²) in [5.41, 5.74) is 0. The van der Waals surface area contributed by atoms with E-state index in [4.69, 9.17) is 5.11 Å². The van der Waals surface area contributed by atoms with Crippen molar-refractivity contribution in [3.8, 4) is 0 Å². The van der Waals surface area contributed by atoms with Gasteiger partial charge < -0.3 is 5.11 Å². The molecule has 0 aromatic heterocycles. The van der Waals surface area contributed by atoms with Crippen LogP contribution in [0.25, 0.3) is 0 Å². The number of hydrogen-bond donors (Lipinski definition) is 1. The Kier molecular flexibility index (Phi) is 16.2. The minimum absolute atomic E-state index is 0.922. The van der Waals surface area contributed by atoms with Gasteiger partial charge in [-0.05, 0) is 12.8 Å². The van der Waals surface area contributed by atoms with Crippen LogP contribution in [0.3, 0.4) is 0 Å². The van der Waals surface area contributed by atoms with E-state index in [0.717, 1.165) is 12.5 Å². The maximum atomic E-state index is 10.2. The summed E-state index contributed by atoms with van der Waals surface area (Å²) >= 11 is 0. The number of carboxylic acids is 1. The van der Waals surface area contributed by atoms with Crippen molar-refractivity contribution in [2.75, 3.05) is 0 Å². The molecule has 0 spiro atoms. The maximum Gasteiger partial charge on any atom is 0.328 e. The second-order valence-electron chi connectivity index (χ2n) is 5.51. The Morgan fingerprint density at radius 2 is 1.23 bits per heavy atom. The third-order valence-electron chi connectivity index (χ3n) is 3.40. The Bertz CT molecular complexity index is 362. The zero-order valence-electron chi connectivity index (χ0n) is 14.0. The number of aliphatic carboxylic acids is 1. The Balaban J connectivity index is 3.35. The lowest BCUT2D eigenvalue weighted by Gasteiger charge is -2.00. The number of carboxylic acid groups (broad SMARTS) is 1. The molecule has 0 amide bonds. The van der Waals surface area contributed by atoms with Crippen LogP contribution in [0.4, 0.5) is 0 Å². The molecule has 0 bridgehead atoms. The molecule has 0 saturated carbocycles. The summed E-state index contributed by atoms with van der Waals surface area (Å²) in [5, 5.41) is 8.39. The van der Waals surface area contributed by atoms with Crippen molar-refractivity contribution in [2.24, 2.45) is 0 Å². The van der Waals surface area contributed by atoms with Crippen molar-refractivity contribution in [2.45, 2.75) is 71.1 Å². The van der Waals surface area contributed by atoms with E-state index in [2.05, 4.69) is 19.1 Å². The fourth-order valence-corrected chi connectivity index (χ4v) is 2.14. The monoisotopic (exact) mass is 304 g/mol. The van der Waals surface area contributed by atoms with E-state index in [1.807, 2.05) is 18.2 Å². The molecular weight excluding hydrogens is 272 g/mol. The minimum atomic E-state index is -0.922. The van der Waals surface area contributed by atoms with Gasteiger partial charge in [-0.15, -0.1) is 0 Å². The van der Waals surface area contributed by atoms with E-state index >= 15 is 0 Å². The Morgan fingerprint density at radius 1 is 0.727 bits per heavy atom. The van der Waals surface area contributed by atoms with Crippen molar-refractivity contribution in [1.82, 2.24) is 0 Å². The first kappa shape index (κ1) is 20.4. The molecular formula is C20H32O2. The topological polar surface area (TPSA) is 37.3 Å². The highest BCUT2D eigenvalue weighted by molar-refractivity contribution is 5.80. The van der Waals surface area contributed by atoms with Gasteiger partial charge >= 0.3 is 5.97 Å². The van der Waals surface area contributed by atoms with Gasteiger partial charge in [0.05, 0.1) is 0 Å². The molecule has 1 N–H and O–H groups in total. The van der Waals surface area contributed by atoms with Crippen LogP contribution < -0.4 is 0 Å². The van der Waals surface area contributed by atoms with Gasteiger partial charge in [0.1, 0.15) is 0 Å². The van der Waals surface area contributed by atoms with Crippen LogP contribution in [0.15, 0.2) is 48.6 Å². The number of unbranched alkanes of at least 4 members (excludes halogenated alkanes) is 9. The molecule has 0 aliphatic heterocycles. The molecule has 0 saturated heterocycles. The predicted octanol–water partition coefficient (Wildman–Crippen LogP) is 6.22. The predicted molar refractivity (Wildman–Crippen MR) is 96.0 cm³/mol. The van der Waals surface area contributed by atoms with Crippen LogP contribution in [0.1, 0.15) is 71.1 Å². The van der Waals surface area contributed by atoms with Crippen LogP contribution in [-0.2, 0) is 4.79 Å². The highest BCUT2D eigenvalue weighted by atomic mass is 16.4. The Morgan fingerprint density at radius 3 is 1.82 bits per heavy atom. The molecule has 0 aliphatic rings. The molecule has 0 fully saturated rings. The largest absolute Gasteiger partial charge is 0.478 e. The first-order chi connectivity index (χ1) is 10.8. The summed E-state index contributed by atoms with van der Waals surface area (Å²) in [5.74, 6) is -0.922. The normalized spacial score (nSPS) is 12.4. The smallest absolute Gasteiger partial charge is 0.328 e. The van der Waals surface area contributed by atoms with Crippen LogP contribution >= 0.6 is 0 Å². The van der Waals surface area contributed by atoms with Gasteiger partial charge in [-0.3, -0.25) is 0 Å². The van der Waals surface area contributed by atoms with E-state index in [0.29, 0.717) is 0 Å². The van der Waals surface area contributed by atoms with Gasteiger partial charge in [-0.2, -0.15) is 0 Å². The third kappa shape index (κ3) is 18.4. The van der Waals surface area contributed by atoms with Gasteiger partial charge in [0.15, 0.2) is 0 Å². The van der Waals surface area contributed by atoms with Gasteiger partial charge in [0.2, 0.25) is 0 Å². The first-order valence-corrected chi connectivity index (χ1v) is 8.67. The Hall–Kier alpha value is -1.57. The fourth-order valence-electron chi connectivity index (χ4n) is 2.14. The van der Waals surface area contributed by atoms with E-state index in [9.17, 15) is 4.79 Å². The SMILES string of the molecule is CCCCCCCCCCC\C=C/C=C/C=C/C=CC(=O)O. The summed E-state index contributed by atoms with van der Waals surface area (Å²) < 4.78 is 0. The number of rotatable bonds is 14.